The first-order valence-corrected chi connectivity index (χ1v) is 22.0. The van der Waals surface area contributed by atoms with Crippen LogP contribution in [0.4, 0.5) is 0 Å². The Hall–Kier alpha value is -8.19. The lowest BCUT2D eigenvalue weighted by Crippen LogP contribution is -2.02. The summed E-state index contributed by atoms with van der Waals surface area (Å²) in [7, 11) is 0. The Labute approximate surface area is 366 Å². The van der Waals surface area contributed by atoms with Crippen LogP contribution in [0, 0.1) is 0 Å². The summed E-state index contributed by atoms with van der Waals surface area (Å²) >= 11 is 1.80. The first kappa shape index (κ1) is 35.6. The Balaban J connectivity index is 1.04. The van der Waals surface area contributed by atoms with Crippen molar-refractivity contribution in [2.24, 2.45) is 0 Å². The second-order valence-corrected chi connectivity index (χ2v) is 17.1. The summed E-state index contributed by atoms with van der Waals surface area (Å²) in [6.45, 7) is 0. The van der Waals surface area contributed by atoms with Gasteiger partial charge in [-0.1, -0.05) is 158 Å². The Morgan fingerprint density at radius 3 is 1.48 bits per heavy atom. The highest BCUT2D eigenvalue weighted by molar-refractivity contribution is 7.25. The fourth-order valence-corrected chi connectivity index (χ4v) is 10.6. The molecular weight excluding hydrogens is 787 g/mol. The lowest BCUT2D eigenvalue weighted by molar-refractivity contribution is 1.07. The van der Waals surface area contributed by atoms with E-state index in [2.05, 4.69) is 203 Å². The largest absolute Gasteiger partial charge is 0.309 e. The molecule has 0 N–H and O–H groups in total. The van der Waals surface area contributed by atoms with Gasteiger partial charge >= 0.3 is 0 Å². The van der Waals surface area contributed by atoms with Crippen LogP contribution in [0.25, 0.3) is 120 Å². The highest BCUT2D eigenvalue weighted by atomic mass is 32.1. The van der Waals surface area contributed by atoms with E-state index < -0.39 is 0 Å². The van der Waals surface area contributed by atoms with Crippen molar-refractivity contribution in [1.82, 2.24) is 24.1 Å². The predicted octanol–water partition coefficient (Wildman–Crippen LogP) is 15.1. The number of nitrogens with zero attached hydrogens (tertiary/aromatic N) is 5. The molecule has 63 heavy (non-hydrogen) atoms. The average molecular weight is 822 g/mol. The molecule has 5 nitrogen and oxygen atoms in total. The molecule has 0 atom stereocenters. The van der Waals surface area contributed by atoms with E-state index in [0.717, 1.165) is 50.2 Å². The van der Waals surface area contributed by atoms with Crippen LogP contribution in [0.5, 0.6) is 0 Å². The highest BCUT2D eigenvalue weighted by Gasteiger charge is 2.21. The van der Waals surface area contributed by atoms with Crippen molar-refractivity contribution >= 4 is 75.1 Å². The maximum Gasteiger partial charge on any atom is 0.164 e. The second kappa shape index (κ2) is 14.2. The van der Waals surface area contributed by atoms with Crippen LogP contribution in [0.15, 0.2) is 212 Å². The van der Waals surface area contributed by atoms with Gasteiger partial charge in [0.2, 0.25) is 0 Å². The Bertz CT molecular complexity index is 3860. The first-order valence-electron chi connectivity index (χ1n) is 21.2. The zero-order valence-electron chi connectivity index (χ0n) is 33.9. The molecule has 13 aromatic rings. The van der Waals surface area contributed by atoms with Gasteiger partial charge in [0.25, 0.3) is 0 Å². The summed E-state index contributed by atoms with van der Waals surface area (Å²) in [4.78, 5) is 15.6. The minimum absolute atomic E-state index is 0.616. The van der Waals surface area contributed by atoms with Gasteiger partial charge in [0.05, 0.1) is 27.8 Å². The van der Waals surface area contributed by atoms with Crippen molar-refractivity contribution < 1.29 is 0 Å². The van der Waals surface area contributed by atoms with E-state index in [1.54, 1.807) is 11.3 Å². The molecule has 4 aromatic heterocycles. The van der Waals surface area contributed by atoms with Gasteiger partial charge in [0, 0.05) is 69.7 Å². The van der Waals surface area contributed by atoms with Gasteiger partial charge in [-0.2, -0.15) is 0 Å². The average Bonchev–Trinajstić information content (AvgIpc) is 4.01. The molecule has 13 rings (SSSR count). The highest BCUT2D eigenvalue weighted by Crippen LogP contribution is 2.41. The van der Waals surface area contributed by atoms with E-state index in [1.165, 1.54) is 52.8 Å². The maximum atomic E-state index is 5.27. The number of hydrogen-bond acceptors (Lipinski definition) is 4. The summed E-state index contributed by atoms with van der Waals surface area (Å²) < 4.78 is 7.29. The minimum atomic E-state index is 0.616. The number of para-hydroxylation sites is 3. The fourth-order valence-electron chi connectivity index (χ4n) is 9.49. The van der Waals surface area contributed by atoms with E-state index >= 15 is 0 Å². The summed E-state index contributed by atoms with van der Waals surface area (Å²) in [6, 6.07) is 75.7. The second-order valence-electron chi connectivity index (χ2n) is 16.0. The predicted molar refractivity (Wildman–Crippen MR) is 263 cm³/mol. The third kappa shape index (κ3) is 5.73. The number of hydrogen-bond donors (Lipinski definition) is 0. The summed E-state index contributed by atoms with van der Waals surface area (Å²) in [5, 5.41) is 7.37. The number of aromatic nitrogens is 5. The van der Waals surface area contributed by atoms with Crippen molar-refractivity contribution in [2.75, 3.05) is 0 Å². The summed E-state index contributed by atoms with van der Waals surface area (Å²) in [5.74, 6) is 1.89. The lowest BCUT2D eigenvalue weighted by Gasteiger charge is -2.16. The molecule has 0 aliphatic heterocycles. The maximum absolute atomic E-state index is 5.27. The van der Waals surface area contributed by atoms with Crippen molar-refractivity contribution in [1.29, 1.82) is 0 Å². The molecule has 0 unspecified atom stereocenters. The molecule has 0 saturated carbocycles. The molecular formula is C57H35N5S. The molecule has 0 aliphatic rings. The van der Waals surface area contributed by atoms with E-state index in [0.29, 0.717) is 17.5 Å². The zero-order valence-corrected chi connectivity index (χ0v) is 34.7. The fraction of sp³-hybridized carbons (Fsp3) is 0. The molecule has 0 aliphatic carbocycles. The van der Waals surface area contributed by atoms with Crippen LogP contribution < -0.4 is 0 Å². The Morgan fingerprint density at radius 2 is 0.794 bits per heavy atom. The number of thiophene rings is 1. The Morgan fingerprint density at radius 1 is 0.302 bits per heavy atom. The zero-order chi connectivity index (χ0) is 41.4. The van der Waals surface area contributed by atoms with E-state index in [4.69, 9.17) is 15.0 Å². The van der Waals surface area contributed by atoms with E-state index in [9.17, 15) is 0 Å². The molecule has 0 bridgehead atoms. The van der Waals surface area contributed by atoms with E-state index in [1.807, 2.05) is 18.2 Å². The van der Waals surface area contributed by atoms with Gasteiger partial charge in [-0.3, -0.25) is 0 Å². The number of benzene rings is 9. The van der Waals surface area contributed by atoms with Crippen molar-refractivity contribution in [3.8, 4) is 56.7 Å². The first-order chi connectivity index (χ1) is 31.2. The SMILES string of the molecule is c1ccc(-c2nc(-c3ccc(-c4ccccc4)c(-n4c5ccccc5c5cc(-n6c7ccccc7c7ccccc76)ccc54)c3)nc(-c3ccc4c(c3)sc3ccccc34)n2)cc1. The molecule has 0 radical (unpaired) electrons. The topological polar surface area (TPSA) is 48.5 Å². The van der Waals surface area contributed by atoms with Crippen LogP contribution in [0.2, 0.25) is 0 Å². The lowest BCUT2D eigenvalue weighted by atomic mass is 10.0. The molecule has 6 heteroatoms. The quantitative estimate of drug-likeness (QED) is 0.168. The van der Waals surface area contributed by atoms with Crippen LogP contribution in [0.3, 0.4) is 0 Å². The van der Waals surface area contributed by atoms with Crippen LogP contribution in [-0.2, 0) is 0 Å². The van der Waals surface area contributed by atoms with Gasteiger partial charge in [-0.25, -0.2) is 15.0 Å². The number of rotatable bonds is 6. The molecule has 0 spiro atoms. The van der Waals surface area contributed by atoms with Crippen LogP contribution in [-0.4, -0.2) is 24.1 Å². The van der Waals surface area contributed by atoms with Crippen molar-refractivity contribution in [3.05, 3.63) is 212 Å². The van der Waals surface area contributed by atoms with Crippen molar-refractivity contribution in [3.63, 3.8) is 0 Å². The smallest absolute Gasteiger partial charge is 0.164 e. The Kier molecular flexibility index (Phi) is 8.01. The third-order valence-corrected chi connectivity index (χ3v) is 13.5. The van der Waals surface area contributed by atoms with Gasteiger partial charge < -0.3 is 9.13 Å². The van der Waals surface area contributed by atoms with Gasteiger partial charge in [-0.05, 0) is 60.2 Å². The van der Waals surface area contributed by atoms with E-state index in [-0.39, 0.29) is 0 Å². The molecule has 4 heterocycles. The van der Waals surface area contributed by atoms with Gasteiger partial charge in [0.15, 0.2) is 17.5 Å². The van der Waals surface area contributed by atoms with Crippen molar-refractivity contribution in [2.45, 2.75) is 0 Å². The standard InChI is InChI=1S/C57H35N5S/c1-3-15-36(16-4-1)41-30-27-38(56-58-55(37-17-5-2-6-18-37)59-57(60-56)39-28-31-46-45-22-10-14-26-53(45)63-54(46)34-39)33-52(41)62-50-25-13-9-21-44(50)47-35-40(29-32-51(47)62)61-48-23-11-7-19-42(48)43-20-8-12-24-49(43)61/h1-35H. The van der Waals surface area contributed by atoms with Gasteiger partial charge in [-0.15, -0.1) is 11.3 Å². The molecule has 0 amide bonds. The summed E-state index contributed by atoms with van der Waals surface area (Å²) in [6.07, 6.45) is 0. The third-order valence-electron chi connectivity index (χ3n) is 12.4. The summed E-state index contributed by atoms with van der Waals surface area (Å²) in [5.41, 5.74) is 11.8. The minimum Gasteiger partial charge on any atom is -0.309 e. The molecule has 0 fully saturated rings. The monoisotopic (exact) mass is 821 g/mol. The van der Waals surface area contributed by atoms with Crippen LogP contribution >= 0.6 is 11.3 Å². The van der Waals surface area contributed by atoms with Gasteiger partial charge in [0.1, 0.15) is 0 Å². The normalized spacial score (nSPS) is 11.8. The van der Waals surface area contributed by atoms with Crippen LogP contribution in [0.1, 0.15) is 0 Å². The number of fused-ring (bicyclic) bond motifs is 9. The molecule has 0 saturated heterocycles. The molecule has 294 valence electrons. The molecule has 9 aromatic carbocycles.